The fourth-order valence-corrected chi connectivity index (χ4v) is 1.63. The summed E-state index contributed by atoms with van der Waals surface area (Å²) >= 11 is 1.39. The summed E-state index contributed by atoms with van der Waals surface area (Å²) in [5.74, 6) is 0. The van der Waals surface area contributed by atoms with Gasteiger partial charge < -0.3 is 5.32 Å². The van der Waals surface area contributed by atoms with Crippen LogP contribution in [0.15, 0.2) is 18.0 Å². The van der Waals surface area contributed by atoms with Gasteiger partial charge in [-0.05, 0) is 30.9 Å². The van der Waals surface area contributed by atoms with Crippen LogP contribution in [0.3, 0.4) is 0 Å². The number of hydrogen-bond donors (Lipinski definition) is 1. The molecule has 0 aliphatic carbocycles. The highest BCUT2D eigenvalue weighted by Gasteiger charge is 2.10. The topological polar surface area (TPSA) is 37.8 Å². The van der Waals surface area contributed by atoms with Crippen molar-refractivity contribution in [3.63, 3.8) is 0 Å². The molecular weight excluding hydrogens is 182 g/mol. The first-order valence-corrected chi connectivity index (χ1v) is 5.33. The molecule has 1 heterocycles. The van der Waals surface area contributed by atoms with Gasteiger partial charge in [-0.15, -0.1) is 11.7 Å². The molecule has 13 heavy (non-hydrogen) atoms. The molecule has 3 nitrogen and oxygen atoms in total. The molecule has 0 aromatic carbocycles. The Kier molecular flexibility index (Phi) is 4.64. The second-order valence-electron chi connectivity index (χ2n) is 2.86. The zero-order chi connectivity index (χ0) is 9.52. The molecule has 0 fully saturated rings. The molecule has 0 saturated heterocycles. The van der Waals surface area contributed by atoms with E-state index >= 15 is 0 Å². The van der Waals surface area contributed by atoms with Gasteiger partial charge >= 0.3 is 0 Å². The SMILES string of the molecule is C=CCC(NCCC)c1csnn1. The van der Waals surface area contributed by atoms with Crippen LogP contribution in [0.25, 0.3) is 0 Å². The number of nitrogens with one attached hydrogen (secondary N) is 1. The van der Waals surface area contributed by atoms with E-state index in [4.69, 9.17) is 0 Å². The van der Waals surface area contributed by atoms with E-state index < -0.39 is 0 Å². The van der Waals surface area contributed by atoms with Crippen LogP contribution in [0, 0.1) is 0 Å². The first-order chi connectivity index (χ1) is 6.38. The molecular formula is C9H15N3S. The van der Waals surface area contributed by atoms with E-state index in [1.807, 2.05) is 11.5 Å². The molecule has 0 spiro atoms. The smallest absolute Gasteiger partial charge is 0.0927 e. The van der Waals surface area contributed by atoms with Crippen LogP contribution in [-0.4, -0.2) is 16.1 Å². The highest BCUT2D eigenvalue weighted by atomic mass is 32.1. The van der Waals surface area contributed by atoms with Gasteiger partial charge in [0.15, 0.2) is 0 Å². The predicted molar refractivity (Wildman–Crippen MR) is 55.8 cm³/mol. The quantitative estimate of drug-likeness (QED) is 0.710. The van der Waals surface area contributed by atoms with Gasteiger partial charge in [0.1, 0.15) is 0 Å². The van der Waals surface area contributed by atoms with Crippen molar-refractivity contribution < 1.29 is 0 Å². The minimum Gasteiger partial charge on any atom is -0.308 e. The average Bonchev–Trinajstić information content (AvgIpc) is 2.65. The molecule has 1 aromatic rings. The largest absolute Gasteiger partial charge is 0.308 e. The van der Waals surface area contributed by atoms with Crippen LogP contribution in [0.2, 0.25) is 0 Å². The van der Waals surface area contributed by atoms with E-state index in [-0.39, 0.29) is 6.04 Å². The van der Waals surface area contributed by atoms with Crippen LogP contribution in [0.4, 0.5) is 0 Å². The molecule has 4 heteroatoms. The van der Waals surface area contributed by atoms with Gasteiger partial charge in [0.05, 0.1) is 11.7 Å². The van der Waals surface area contributed by atoms with Crippen molar-refractivity contribution >= 4 is 11.5 Å². The molecule has 0 saturated carbocycles. The van der Waals surface area contributed by atoms with Crippen LogP contribution in [0.5, 0.6) is 0 Å². The van der Waals surface area contributed by atoms with E-state index in [0.29, 0.717) is 0 Å². The Hall–Kier alpha value is -0.740. The van der Waals surface area contributed by atoms with Crippen molar-refractivity contribution in [2.75, 3.05) is 6.54 Å². The highest BCUT2D eigenvalue weighted by molar-refractivity contribution is 7.03. The van der Waals surface area contributed by atoms with Gasteiger partial charge in [0.2, 0.25) is 0 Å². The van der Waals surface area contributed by atoms with Gasteiger partial charge in [0.25, 0.3) is 0 Å². The summed E-state index contributed by atoms with van der Waals surface area (Å²) in [5.41, 5.74) is 1.03. The molecule has 0 aliphatic heterocycles. The van der Waals surface area contributed by atoms with Gasteiger partial charge in [-0.25, -0.2) is 0 Å². The van der Waals surface area contributed by atoms with E-state index in [9.17, 15) is 0 Å². The Morgan fingerprint density at radius 2 is 2.62 bits per heavy atom. The zero-order valence-corrected chi connectivity index (χ0v) is 8.68. The molecule has 72 valence electrons. The average molecular weight is 197 g/mol. The summed E-state index contributed by atoms with van der Waals surface area (Å²) < 4.78 is 3.85. The molecule has 1 N–H and O–H groups in total. The van der Waals surface area contributed by atoms with Crippen LogP contribution < -0.4 is 5.32 Å². The predicted octanol–water partition coefficient (Wildman–Crippen LogP) is 2.15. The molecule has 0 amide bonds. The normalized spacial score (nSPS) is 12.7. The first-order valence-electron chi connectivity index (χ1n) is 4.49. The van der Waals surface area contributed by atoms with Gasteiger partial charge in [-0.3, -0.25) is 0 Å². The second kappa shape index (κ2) is 5.83. The Labute approximate surface area is 83.0 Å². The number of hydrogen-bond acceptors (Lipinski definition) is 4. The lowest BCUT2D eigenvalue weighted by atomic mass is 10.1. The third-order valence-electron chi connectivity index (χ3n) is 1.78. The molecule has 1 atom stereocenters. The lowest BCUT2D eigenvalue weighted by Crippen LogP contribution is -2.21. The number of rotatable bonds is 6. The van der Waals surface area contributed by atoms with Crippen molar-refractivity contribution in [2.45, 2.75) is 25.8 Å². The molecule has 0 radical (unpaired) electrons. The maximum absolute atomic E-state index is 4.05. The Morgan fingerprint density at radius 1 is 1.77 bits per heavy atom. The van der Waals surface area contributed by atoms with Gasteiger partial charge in [-0.2, -0.15) is 0 Å². The van der Waals surface area contributed by atoms with Crippen molar-refractivity contribution in [1.82, 2.24) is 14.9 Å². The third-order valence-corrected chi connectivity index (χ3v) is 2.30. The van der Waals surface area contributed by atoms with Crippen molar-refractivity contribution in [3.05, 3.63) is 23.7 Å². The van der Waals surface area contributed by atoms with Gasteiger partial charge in [0, 0.05) is 5.38 Å². The summed E-state index contributed by atoms with van der Waals surface area (Å²) in [7, 11) is 0. The fourth-order valence-electron chi connectivity index (χ4n) is 1.12. The summed E-state index contributed by atoms with van der Waals surface area (Å²) in [6.45, 7) is 6.89. The molecule has 1 unspecified atom stereocenters. The van der Waals surface area contributed by atoms with Crippen LogP contribution >= 0.6 is 11.5 Å². The standard InChI is InChI=1S/C9H15N3S/c1-3-5-8(10-6-4-2)9-7-13-12-11-9/h3,7-8,10H,1,4-6H2,2H3. The van der Waals surface area contributed by atoms with E-state index in [0.717, 1.165) is 25.1 Å². The fraction of sp³-hybridized carbons (Fsp3) is 0.556. The van der Waals surface area contributed by atoms with E-state index in [2.05, 4.69) is 28.4 Å². The molecule has 0 aliphatic rings. The molecule has 1 aromatic heterocycles. The van der Waals surface area contributed by atoms with Crippen LogP contribution in [-0.2, 0) is 0 Å². The monoisotopic (exact) mass is 197 g/mol. The summed E-state index contributed by atoms with van der Waals surface area (Å²) in [5, 5.41) is 9.43. The van der Waals surface area contributed by atoms with E-state index in [1.54, 1.807) is 0 Å². The Balaban J connectivity index is 2.51. The summed E-state index contributed by atoms with van der Waals surface area (Å²) in [4.78, 5) is 0. The minimum atomic E-state index is 0.288. The van der Waals surface area contributed by atoms with Crippen molar-refractivity contribution in [2.24, 2.45) is 0 Å². The summed E-state index contributed by atoms with van der Waals surface area (Å²) in [6.07, 6.45) is 3.95. The lowest BCUT2D eigenvalue weighted by Gasteiger charge is -2.13. The van der Waals surface area contributed by atoms with Crippen molar-refractivity contribution in [1.29, 1.82) is 0 Å². The highest BCUT2D eigenvalue weighted by Crippen LogP contribution is 2.15. The molecule has 1 rings (SSSR count). The maximum Gasteiger partial charge on any atom is 0.0927 e. The second-order valence-corrected chi connectivity index (χ2v) is 3.47. The zero-order valence-electron chi connectivity index (χ0n) is 7.86. The first kappa shape index (κ1) is 10.3. The molecule has 0 bridgehead atoms. The van der Waals surface area contributed by atoms with Crippen molar-refractivity contribution in [3.8, 4) is 0 Å². The Bertz CT molecular complexity index is 233. The third kappa shape index (κ3) is 3.24. The number of aromatic nitrogens is 2. The van der Waals surface area contributed by atoms with Crippen LogP contribution in [0.1, 0.15) is 31.5 Å². The van der Waals surface area contributed by atoms with E-state index in [1.165, 1.54) is 11.5 Å². The minimum absolute atomic E-state index is 0.288. The number of nitrogens with zero attached hydrogens (tertiary/aromatic N) is 2. The summed E-state index contributed by atoms with van der Waals surface area (Å²) in [6, 6.07) is 0.288. The van der Waals surface area contributed by atoms with Gasteiger partial charge in [-0.1, -0.05) is 17.5 Å². The Morgan fingerprint density at radius 3 is 3.15 bits per heavy atom. The lowest BCUT2D eigenvalue weighted by molar-refractivity contribution is 0.524. The maximum atomic E-state index is 4.05.